The van der Waals surface area contributed by atoms with Crippen LogP contribution in [0, 0.1) is 11.8 Å². The van der Waals surface area contributed by atoms with Crippen molar-refractivity contribution in [3.05, 3.63) is 0 Å². The van der Waals surface area contributed by atoms with Crippen molar-refractivity contribution in [3.8, 4) is 0 Å². The lowest BCUT2D eigenvalue weighted by molar-refractivity contribution is 0.195. The SMILES string of the molecule is CC1CC(C)CN(S(=O)(=O)N(C)C2CNC2)C1.Cl. The van der Waals surface area contributed by atoms with Crippen LogP contribution in [0.3, 0.4) is 0 Å². The van der Waals surface area contributed by atoms with Gasteiger partial charge in [-0.25, -0.2) is 0 Å². The third-order valence-corrected chi connectivity index (χ3v) is 5.78. The van der Waals surface area contributed by atoms with Crippen molar-refractivity contribution in [1.29, 1.82) is 0 Å². The van der Waals surface area contributed by atoms with Crippen LogP contribution in [0.5, 0.6) is 0 Å². The minimum absolute atomic E-state index is 0. The summed E-state index contributed by atoms with van der Waals surface area (Å²) in [6, 6.07) is 0.132. The molecule has 0 radical (unpaired) electrons. The highest BCUT2D eigenvalue weighted by Crippen LogP contribution is 2.25. The topological polar surface area (TPSA) is 52.7 Å². The van der Waals surface area contributed by atoms with Gasteiger partial charge < -0.3 is 5.32 Å². The van der Waals surface area contributed by atoms with E-state index in [2.05, 4.69) is 19.2 Å². The lowest BCUT2D eigenvalue weighted by Gasteiger charge is -2.41. The number of halogens is 1. The second-order valence-electron chi connectivity index (χ2n) is 5.60. The fourth-order valence-electron chi connectivity index (χ4n) is 2.70. The lowest BCUT2D eigenvalue weighted by Crippen LogP contribution is -2.60. The Hall–Kier alpha value is 0.120. The molecule has 18 heavy (non-hydrogen) atoms. The van der Waals surface area contributed by atoms with Crippen LogP contribution in [-0.2, 0) is 10.2 Å². The summed E-state index contributed by atoms with van der Waals surface area (Å²) in [5, 5.41) is 3.11. The first kappa shape index (κ1) is 16.2. The Kier molecular flexibility index (Phi) is 5.44. The van der Waals surface area contributed by atoms with E-state index in [4.69, 9.17) is 0 Å². The summed E-state index contributed by atoms with van der Waals surface area (Å²) in [6.45, 7) is 7.13. The molecule has 0 spiro atoms. The summed E-state index contributed by atoms with van der Waals surface area (Å²) in [5.41, 5.74) is 0. The first-order chi connectivity index (χ1) is 7.91. The first-order valence-corrected chi connectivity index (χ1v) is 7.74. The van der Waals surface area contributed by atoms with Gasteiger partial charge in [0.25, 0.3) is 10.2 Å². The third-order valence-electron chi connectivity index (χ3n) is 3.80. The molecule has 2 unspecified atom stereocenters. The number of hydrogen-bond donors (Lipinski definition) is 1. The van der Waals surface area contributed by atoms with Crippen molar-refractivity contribution in [2.24, 2.45) is 11.8 Å². The van der Waals surface area contributed by atoms with E-state index in [0.717, 1.165) is 19.5 Å². The molecule has 2 heterocycles. The molecule has 0 aromatic rings. The summed E-state index contributed by atoms with van der Waals surface area (Å²) in [6.07, 6.45) is 1.13. The van der Waals surface area contributed by atoms with Crippen LogP contribution in [0.1, 0.15) is 20.3 Å². The zero-order valence-electron chi connectivity index (χ0n) is 11.3. The van der Waals surface area contributed by atoms with E-state index < -0.39 is 10.2 Å². The number of hydrogen-bond acceptors (Lipinski definition) is 3. The van der Waals surface area contributed by atoms with Crippen molar-refractivity contribution in [1.82, 2.24) is 13.9 Å². The Morgan fingerprint density at radius 2 is 1.67 bits per heavy atom. The molecule has 0 bridgehead atoms. The van der Waals surface area contributed by atoms with Crippen LogP contribution >= 0.6 is 12.4 Å². The van der Waals surface area contributed by atoms with Gasteiger partial charge in [-0.2, -0.15) is 17.0 Å². The summed E-state index contributed by atoms with van der Waals surface area (Å²) in [7, 11) is -1.56. The molecule has 2 aliphatic heterocycles. The molecule has 0 aromatic carbocycles. The van der Waals surface area contributed by atoms with Gasteiger partial charge in [-0.1, -0.05) is 13.8 Å². The molecule has 2 aliphatic rings. The van der Waals surface area contributed by atoms with Crippen LogP contribution in [0.4, 0.5) is 0 Å². The zero-order chi connectivity index (χ0) is 12.6. The fourth-order valence-corrected chi connectivity index (χ4v) is 4.47. The molecule has 1 N–H and O–H groups in total. The molecule has 2 fully saturated rings. The van der Waals surface area contributed by atoms with Gasteiger partial charge in [0.1, 0.15) is 0 Å². The maximum atomic E-state index is 12.4. The molecule has 108 valence electrons. The van der Waals surface area contributed by atoms with Crippen LogP contribution in [-0.4, -0.2) is 56.3 Å². The minimum Gasteiger partial charge on any atom is -0.313 e. The molecular weight excluding hydrogens is 274 g/mol. The highest BCUT2D eigenvalue weighted by Gasteiger charge is 2.37. The maximum Gasteiger partial charge on any atom is 0.282 e. The van der Waals surface area contributed by atoms with Gasteiger partial charge >= 0.3 is 0 Å². The van der Waals surface area contributed by atoms with Crippen molar-refractivity contribution in [2.45, 2.75) is 26.3 Å². The Balaban J connectivity index is 0.00000162. The molecule has 0 aromatic heterocycles. The van der Waals surface area contributed by atoms with Gasteiger partial charge in [0.15, 0.2) is 0 Å². The highest BCUT2D eigenvalue weighted by atomic mass is 35.5. The first-order valence-electron chi connectivity index (χ1n) is 6.35. The van der Waals surface area contributed by atoms with Gasteiger partial charge in [-0.05, 0) is 18.3 Å². The maximum absolute atomic E-state index is 12.4. The predicted molar refractivity (Wildman–Crippen MR) is 75.1 cm³/mol. The molecule has 0 aliphatic carbocycles. The third kappa shape index (κ3) is 3.17. The van der Waals surface area contributed by atoms with Crippen molar-refractivity contribution >= 4 is 22.6 Å². The van der Waals surface area contributed by atoms with Gasteiger partial charge in [-0.15, -0.1) is 12.4 Å². The van der Waals surface area contributed by atoms with E-state index in [9.17, 15) is 8.42 Å². The number of nitrogens with zero attached hydrogens (tertiary/aromatic N) is 2. The molecular formula is C11H24ClN3O2S. The number of piperidine rings is 1. The second kappa shape index (κ2) is 6.05. The second-order valence-corrected chi connectivity index (χ2v) is 7.59. The Morgan fingerprint density at radius 1 is 1.17 bits per heavy atom. The van der Waals surface area contributed by atoms with Crippen LogP contribution < -0.4 is 5.32 Å². The summed E-state index contributed by atoms with van der Waals surface area (Å²) in [5.74, 6) is 0.919. The smallest absolute Gasteiger partial charge is 0.282 e. The van der Waals surface area contributed by atoms with Gasteiger partial charge in [-0.3, -0.25) is 0 Å². The number of likely N-dealkylation sites (N-methyl/N-ethyl adjacent to an activating group) is 1. The van der Waals surface area contributed by atoms with Gasteiger partial charge in [0, 0.05) is 33.2 Å². The van der Waals surface area contributed by atoms with Crippen LogP contribution in [0.15, 0.2) is 0 Å². The normalized spacial score (nSPS) is 30.9. The van der Waals surface area contributed by atoms with E-state index in [-0.39, 0.29) is 18.4 Å². The standard InChI is InChI=1S/C11H23N3O2S.ClH/c1-9-4-10(2)8-14(7-9)17(15,16)13(3)11-5-12-6-11;/h9-12H,4-8H2,1-3H3;1H. The number of rotatable bonds is 3. The van der Waals surface area contributed by atoms with Crippen LogP contribution in [0.25, 0.3) is 0 Å². The average Bonchev–Trinajstić information content (AvgIpc) is 2.13. The Bertz CT molecular complexity index is 362. The summed E-state index contributed by atoms with van der Waals surface area (Å²) >= 11 is 0. The molecule has 0 amide bonds. The van der Waals surface area contributed by atoms with E-state index >= 15 is 0 Å². The van der Waals surface area contributed by atoms with E-state index in [1.165, 1.54) is 4.31 Å². The predicted octanol–water partition coefficient (Wildman–Crippen LogP) is 0.534. The summed E-state index contributed by atoms with van der Waals surface area (Å²) < 4.78 is 28.1. The van der Waals surface area contributed by atoms with E-state index in [1.807, 2.05) is 0 Å². The molecule has 2 rings (SSSR count). The largest absolute Gasteiger partial charge is 0.313 e. The quantitative estimate of drug-likeness (QED) is 0.827. The van der Waals surface area contributed by atoms with Crippen molar-refractivity contribution in [2.75, 3.05) is 33.2 Å². The highest BCUT2D eigenvalue weighted by molar-refractivity contribution is 7.86. The molecule has 7 heteroatoms. The molecule has 5 nitrogen and oxygen atoms in total. The minimum atomic E-state index is -3.26. The molecule has 2 atom stereocenters. The van der Waals surface area contributed by atoms with Gasteiger partial charge in [0.2, 0.25) is 0 Å². The summed E-state index contributed by atoms with van der Waals surface area (Å²) in [4.78, 5) is 0. The monoisotopic (exact) mass is 297 g/mol. The van der Waals surface area contributed by atoms with Crippen molar-refractivity contribution < 1.29 is 8.42 Å². The average molecular weight is 298 g/mol. The van der Waals surface area contributed by atoms with Crippen LogP contribution in [0.2, 0.25) is 0 Å². The van der Waals surface area contributed by atoms with Gasteiger partial charge in [0.05, 0.1) is 6.04 Å². The fraction of sp³-hybridized carbons (Fsp3) is 1.00. The molecule has 2 saturated heterocycles. The van der Waals surface area contributed by atoms with Crippen molar-refractivity contribution in [3.63, 3.8) is 0 Å². The van der Waals surface area contributed by atoms with E-state index in [1.54, 1.807) is 11.4 Å². The Labute approximate surface area is 116 Å². The lowest BCUT2D eigenvalue weighted by atomic mass is 9.94. The zero-order valence-corrected chi connectivity index (χ0v) is 12.9. The number of nitrogens with one attached hydrogen (secondary N) is 1. The Morgan fingerprint density at radius 3 is 2.06 bits per heavy atom. The molecule has 0 saturated carbocycles. The van der Waals surface area contributed by atoms with E-state index in [0.29, 0.717) is 24.9 Å².